The van der Waals surface area contributed by atoms with Crippen LogP contribution in [0.3, 0.4) is 0 Å². The molecule has 4 heterocycles. The third kappa shape index (κ3) is 6.21. The molecule has 2 aliphatic rings. The molecular formula is C30H33ClN6O3S2. The van der Waals surface area contributed by atoms with E-state index in [1.165, 1.54) is 15.6 Å². The van der Waals surface area contributed by atoms with Crippen molar-refractivity contribution in [2.75, 3.05) is 38.5 Å². The number of halogens is 1. The SMILES string of the molecule is CN1CCN(S(=O)(=O)c2ccc([C@@H](CC3CCCC3)C(=O)Nc3nc4ccc(-c5ccncc5)nc4s3)cc2Cl)CC1. The van der Waals surface area contributed by atoms with Crippen molar-refractivity contribution in [3.63, 3.8) is 0 Å². The first kappa shape index (κ1) is 29.1. The Balaban J connectivity index is 1.25. The average Bonchev–Trinajstić information content (AvgIpc) is 3.65. The van der Waals surface area contributed by atoms with Gasteiger partial charge in [0.25, 0.3) is 0 Å². The first-order valence-corrected chi connectivity index (χ1v) is 16.9. The van der Waals surface area contributed by atoms with Gasteiger partial charge in [0.15, 0.2) is 5.13 Å². The molecule has 42 heavy (non-hydrogen) atoms. The van der Waals surface area contributed by atoms with Crippen LogP contribution in [0.15, 0.2) is 59.8 Å². The maximum Gasteiger partial charge on any atom is 0.244 e. The van der Waals surface area contributed by atoms with E-state index in [2.05, 4.69) is 20.2 Å². The molecule has 2 fully saturated rings. The van der Waals surface area contributed by atoms with Gasteiger partial charge in [0.1, 0.15) is 15.2 Å². The Labute approximate surface area is 255 Å². The zero-order valence-electron chi connectivity index (χ0n) is 23.4. The third-order valence-electron chi connectivity index (χ3n) is 8.26. The highest BCUT2D eigenvalue weighted by molar-refractivity contribution is 7.89. The van der Waals surface area contributed by atoms with Crippen LogP contribution in [0.1, 0.15) is 43.6 Å². The van der Waals surface area contributed by atoms with Gasteiger partial charge in [0.05, 0.1) is 16.6 Å². The molecule has 220 valence electrons. The number of fused-ring (bicyclic) bond motifs is 1. The number of rotatable bonds is 8. The molecule has 1 atom stereocenters. The number of nitrogens with one attached hydrogen (secondary N) is 1. The van der Waals surface area contributed by atoms with Crippen molar-refractivity contribution < 1.29 is 13.2 Å². The predicted molar refractivity (Wildman–Crippen MR) is 166 cm³/mol. The van der Waals surface area contributed by atoms with Gasteiger partial charge in [-0.2, -0.15) is 4.31 Å². The molecule has 6 rings (SSSR count). The van der Waals surface area contributed by atoms with Crippen LogP contribution >= 0.6 is 22.9 Å². The average molecular weight is 625 g/mol. The minimum atomic E-state index is -3.73. The lowest BCUT2D eigenvalue weighted by Gasteiger charge is -2.31. The summed E-state index contributed by atoms with van der Waals surface area (Å²) in [6, 6.07) is 12.6. The van der Waals surface area contributed by atoms with Gasteiger partial charge >= 0.3 is 0 Å². The number of carbonyl (C=O) groups is 1. The number of benzene rings is 1. The van der Waals surface area contributed by atoms with Gasteiger partial charge in [-0.3, -0.25) is 9.78 Å². The van der Waals surface area contributed by atoms with Crippen LogP contribution in [0, 0.1) is 5.92 Å². The molecule has 1 aliphatic heterocycles. The first-order valence-electron chi connectivity index (χ1n) is 14.2. The largest absolute Gasteiger partial charge is 0.304 e. The van der Waals surface area contributed by atoms with Gasteiger partial charge in [-0.15, -0.1) is 0 Å². The van der Waals surface area contributed by atoms with Gasteiger partial charge in [-0.1, -0.05) is 54.7 Å². The number of pyridine rings is 2. The van der Waals surface area contributed by atoms with Crippen LogP contribution < -0.4 is 5.32 Å². The van der Waals surface area contributed by atoms with Crippen LogP contribution in [0.25, 0.3) is 21.6 Å². The van der Waals surface area contributed by atoms with E-state index >= 15 is 0 Å². The Morgan fingerprint density at radius 3 is 2.50 bits per heavy atom. The monoisotopic (exact) mass is 624 g/mol. The molecule has 3 aromatic heterocycles. The van der Waals surface area contributed by atoms with E-state index in [1.807, 2.05) is 31.3 Å². The highest BCUT2D eigenvalue weighted by Gasteiger charge is 2.32. The fourth-order valence-corrected chi connectivity index (χ4v) is 8.62. The van der Waals surface area contributed by atoms with Crippen molar-refractivity contribution in [1.29, 1.82) is 0 Å². The quantitative estimate of drug-likeness (QED) is 0.270. The highest BCUT2D eigenvalue weighted by atomic mass is 35.5. The fraction of sp³-hybridized carbons (Fsp3) is 0.400. The topological polar surface area (TPSA) is 108 Å². The van der Waals surface area contributed by atoms with E-state index in [0.717, 1.165) is 41.8 Å². The Kier molecular flexibility index (Phi) is 8.56. The van der Waals surface area contributed by atoms with Gasteiger partial charge in [-0.05, 0) is 61.3 Å². The van der Waals surface area contributed by atoms with Gasteiger partial charge < -0.3 is 10.2 Å². The van der Waals surface area contributed by atoms with Crippen molar-refractivity contribution in [2.45, 2.75) is 42.9 Å². The molecule has 4 aromatic rings. The zero-order chi connectivity index (χ0) is 29.3. The van der Waals surface area contributed by atoms with E-state index in [0.29, 0.717) is 54.7 Å². The summed E-state index contributed by atoms with van der Waals surface area (Å²) < 4.78 is 28.2. The fourth-order valence-electron chi connectivity index (χ4n) is 5.83. The second-order valence-corrected chi connectivity index (χ2v) is 14.4. The normalized spacial score (nSPS) is 18.0. The summed E-state index contributed by atoms with van der Waals surface area (Å²) in [5, 5.41) is 3.65. The maximum absolute atomic E-state index is 13.8. The number of thiazole rings is 1. The summed E-state index contributed by atoms with van der Waals surface area (Å²) in [6.07, 6.45) is 8.60. The Bertz CT molecular complexity index is 1680. The number of amides is 1. The predicted octanol–water partition coefficient (Wildman–Crippen LogP) is 5.65. The third-order valence-corrected chi connectivity index (χ3v) is 11.5. The van der Waals surface area contributed by atoms with Crippen LogP contribution in [-0.4, -0.2) is 71.7 Å². The Hall–Kier alpha value is -2.96. The van der Waals surface area contributed by atoms with E-state index in [4.69, 9.17) is 16.6 Å². The standard InChI is InChI=1S/C30H33ClN6O3S2/c1-36-14-16-37(17-15-36)42(39,40)27-9-6-22(19-24(27)31)23(18-20-4-2-3-5-20)28(38)35-30-34-26-8-7-25(33-29(26)41-30)21-10-12-32-13-11-21/h6-13,19-20,23H,2-5,14-18H2,1H3,(H,34,35,38)/t23-/m1/s1. The number of hydrogen-bond acceptors (Lipinski definition) is 8. The summed E-state index contributed by atoms with van der Waals surface area (Å²) in [6.45, 7) is 2.19. The molecule has 0 radical (unpaired) electrons. The number of carbonyl (C=O) groups excluding carboxylic acids is 1. The van der Waals surface area contributed by atoms with Crippen molar-refractivity contribution in [1.82, 2.24) is 24.2 Å². The number of piperazine rings is 1. The Morgan fingerprint density at radius 2 is 1.79 bits per heavy atom. The number of aromatic nitrogens is 3. The van der Waals surface area contributed by atoms with Crippen molar-refractivity contribution >= 4 is 54.3 Å². The number of nitrogens with zero attached hydrogens (tertiary/aromatic N) is 5. The van der Waals surface area contributed by atoms with Crippen LogP contribution in [0.2, 0.25) is 5.02 Å². The van der Waals surface area contributed by atoms with Gasteiger partial charge in [0, 0.05) is 44.1 Å². The maximum atomic E-state index is 13.8. The van der Waals surface area contributed by atoms with Crippen LogP contribution in [-0.2, 0) is 14.8 Å². The number of hydrogen-bond donors (Lipinski definition) is 1. The van der Waals surface area contributed by atoms with Crippen LogP contribution in [0.5, 0.6) is 0 Å². The molecule has 0 unspecified atom stereocenters. The molecule has 12 heteroatoms. The van der Waals surface area contributed by atoms with E-state index in [-0.39, 0.29) is 15.8 Å². The molecule has 9 nitrogen and oxygen atoms in total. The Morgan fingerprint density at radius 1 is 1.05 bits per heavy atom. The smallest absolute Gasteiger partial charge is 0.244 e. The molecule has 1 saturated heterocycles. The molecule has 0 spiro atoms. The lowest BCUT2D eigenvalue weighted by atomic mass is 9.87. The van der Waals surface area contributed by atoms with Gasteiger partial charge in [0.2, 0.25) is 15.9 Å². The van der Waals surface area contributed by atoms with Crippen LogP contribution in [0.4, 0.5) is 5.13 Å². The highest BCUT2D eigenvalue weighted by Crippen LogP contribution is 2.37. The number of sulfonamides is 1. The molecule has 1 amide bonds. The second-order valence-electron chi connectivity index (χ2n) is 11.1. The zero-order valence-corrected chi connectivity index (χ0v) is 25.8. The molecule has 1 N–H and O–H groups in total. The molecule has 1 aromatic carbocycles. The van der Waals surface area contributed by atoms with E-state index in [9.17, 15) is 13.2 Å². The van der Waals surface area contributed by atoms with Crippen molar-refractivity contribution in [3.8, 4) is 11.3 Å². The molecule has 1 aliphatic carbocycles. The van der Waals surface area contributed by atoms with Crippen molar-refractivity contribution in [2.24, 2.45) is 5.92 Å². The first-order chi connectivity index (χ1) is 20.3. The van der Waals surface area contributed by atoms with E-state index in [1.54, 1.807) is 30.6 Å². The summed E-state index contributed by atoms with van der Waals surface area (Å²) in [5.41, 5.74) is 3.19. The second kappa shape index (κ2) is 12.3. The lowest BCUT2D eigenvalue weighted by molar-refractivity contribution is -0.118. The summed E-state index contributed by atoms with van der Waals surface area (Å²) >= 11 is 7.97. The molecule has 0 bridgehead atoms. The summed E-state index contributed by atoms with van der Waals surface area (Å²) in [5.74, 6) is -0.243. The number of anilines is 1. The van der Waals surface area contributed by atoms with E-state index < -0.39 is 15.9 Å². The van der Waals surface area contributed by atoms with Gasteiger partial charge in [-0.25, -0.2) is 18.4 Å². The minimum absolute atomic E-state index is 0.0831. The molecule has 1 saturated carbocycles. The summed E-state index contributed by atoms with van der Waals surface area (Å²) in [4.78, 5) is 30.1. The minimum Gasteiger partial charge on any atom is -0.304 e. The van der Waals surface area contributed by atoms with Crippen molar-refractivity contribution in [3.05, 3.63) is 65.4 Å². The summed E-state index contributed by atoms with van der Waals surface area (Å²) in [7, 11) is -1.75. The number of likely N-dealkylation sites (N-methyl/N-ethyl adjacent to an activating group) is 1. The molecular weight excluding hydrogens is 592 g/mol. The lowest BCUT2D eigenvalue weighted by Crippen LogP contribution is -2.47.